The van der Waals surface area contributed by atoms with Gasteiger partial charge >= 0.3 is 0 Å². The van der Waals surface area contributed by atoms with Crippen LogP contribution in [0.3, 0.4) is 0 Å². The molecule has 0 amide bonds. The quantitative estimate of drug-likeness (QED) is 0.926. The summed E-state index contributed by atoms with van der Waals surface area (Å²) in [6, 6.07) is 7.07. The van der Waals surface area contributed by atoms with Gasteiger partial charge in [0.25, 0.3) is 0 Å². The molecule has 22 heavy (non-hydrogen) atoms. The predicted molar refractivity (Wildman–Crippen MR) is 84.5 cm³/mol. The number of aliphatic hydroxyl groups is 1. The first-order valence-corrected chi connectivity index (χ1v) is 8.50. The Morgan fingerprint density at radius 3 is 2.50 bits per heavy atom. The second kappa shape index (κ2) is 6.97. The minimum Gasteiger partial charge on any atom is -0.488 e. The van der Waals surface area contributed by atoms with Gasteiger partial charge in [-0.1, -0.05) is 31.4 Å². The van der Waals surface area contributed by atoms with Gasteiger partial charge in [-0.25, -0.2) is 4.39 Å². The first-order valence-electron chi connectivity index (χ1n) is 8.50. The van der Waals surface area contributed by atoms with E-state index in [-0.39, 0.29) is 18.2 Å². The molecule has 2 fully saturated rings. The van der Waals surface area contributed by atoms with Crippen LogP contribution in [0.4, 0.5) is 4.39 Å². The Balaban J connectivity index is 1.50. The molecule has 122 valence electrons. The van der Waals surface area contributed by atoms with Crippen LogP contribution in [0.2, 0.25) is 0 Å². The summed E-state index contributed by atoms with van der Waals surface area (Å²) < 4.78 is 19.1. The maximum Gasteiger partial charge on any atom is 0.165 e. The second-order valence-corrected chi connectivity index (χ2v) is 6.77. The highest BCUT2D eigenvalue weighted by Gasteiger charge is 2.35. The lowest BCUT2D eigenvalue weighted by Gasteiger charge is -2.42. The Labute approximate surface area is 132 Å². The highest BCUT2D eigenvalue weighted by molar-refractivity contribution is 5.23. The van der Waals surface area contributed by atoms with Crippen LogP contribution in [-0.4, -0.2) is 41.3 Å². The summed E-state index contributed by atoms with van der Waals surface area (Å²) in [6.45, 7) is 2.01. The number of nitrogens with zero attached hydrogens (tertiary/aromatic N) is 1. The molecule has 0 spiro atoms. The van der Waals surface area contributed by atoms with Gasteiger partial charge < -0.3 is 14.7 Å². The van der Waals surface area contributed by atoms with E-state index in [1.807, 2.05) is 0 Å². The molecular weight excluding hydrogens is 281 g/mol. The van der Waals surface area contributed by atoms with Crippen LogP contribution in [-0.2, 0) is 0 Å². The molecule has 0 aromatic heterocycles. The van der Waals surface area contributed by atoms with Crippen molar-refractivity contribution in [3.05, 3.63) is 30.1 Å². The van der Waals surface area contributed by atoms with Crippen LogP contribution in [0.15, 0.2) is 24.3 Å². The van der Waals surface area contributed by atoms with Crippen LogP contribution >= 0.6 is 0 Å². The van der Waals surface area contributed by atoms with Gasteiger partial charge in [-0.3, -0.25) is 0 Å². The van der Waals surface area contributed by atoms with Gasteiger partial charge in [-0.05, 0) is 37.8 Å². The number of hydrogen-bond acceptors (Lipinski definition) is 3. The Morgan fingerprint density at radius 1 is 1.14 bits per heavy atom. The molecule has 1 aromatic carbocycles. The Morgan fingerprint density at radius 2 is 1.82 bits per heavy atom. The summed E-state index contributed by atoms with van der Waals surface area (Å²) >= 11 is 0. The molecule has 1 aromatic rings. The second-order valence-electron chi connectivity index (χ2n) is 6.77. The first-order chi connectivity index (χ1) is 10.7. The Hall–Kier alpha value is -1.13. The normalized spacial score (nSPS) is 23.4. The van der Waals surface area contributed by atoms with Gasteiger partial charge in [0.1, 0.15) is 12.2 Å². The van der Waals surface area contributed by atoms with Gasteiger partial charge in [0.15, 0.2) is 11.6 Å². The molecule has 1 saturated heterocycles. The smallest absolute Gasteiger partial charge is 0.165 e. The van der Waals surface area contributed by atoms with E-state index in [2.05, 4.69) is 4.90 Å². The molecule has 1 saturated carbocycles. The maximum atomic E-state index is 13.6. The van der Waals surface area contributed by atoms with Crippen molar-refractivity contribution in [3.63, 3.8) is 0 Å². The average molecular weight is 307 g/mol. The first kappa shape index (κ1) is 15.8. The van der Waals surface area contributed by atoms with Crippen molar-refractivity contribution in [2.24, 2.45) is 0 Å². The van der Waals surface area contributed by atoms with E-state index in [0.29, 0.717) is 18.9 Å². The number of hydrogen-bond donors (Lipinski definition) is 1. The van der Waals surface area contributed by atoms with Crippen LogP contribution < -0.4 is 4.74 Å². The standard InChI is InChI=1S/C18H26FNO2/c19-16-8-4-5-9-17(16)22-14-18(21)10-12-20(13-11-18)15-6-2-1-3-7-15/h4-5,8-9,15,21H,1-3,6-7,10-14H2. The third-order valence-electron chi connectivity index (χ3n) is 5.15. The highest BCUT2D eigenvalue weighted by atomic mass is 19.1. The molecule has 1 aliphatic heterocycles. The predicted octanol–water partition coefficient (Wildman–Crippen LogP) is 3.36. The monoisotopic (exact) mass is 307 g/mol. The molecule has 0 unspecified atom stereocenters. The number of rotatable bonds is 4. The van der Waals surface area contributed by atoms with Crippen molar-refractivity contribution in [2.75, 3.05) is 19.7 Å². The van der Waals surface area contributed by atoms with Crippen molar-refractivity contribution in [2.45, 2.75) is 56.6 Å². The summed E-state index contributed by atoms with van der Waals surface area (Å²) in [5.41, 5.74) is -0.826. The van der Waals surface area contributed by atoms with E-state index in [0.717, 1.165) is 13.1 Å². The lowest BCUT2D eigenvalue weighted by molar-refractivity contribution is -0.0623. The fraction of sp³-hybridized carbons (Fsp3) is 0.667. The van der Waals surface area contributed by atoms with Gasteiger partial charge in [0.2, 0.25) is 0 Å². The Bertz CT molecular complexity index is 480. The molecule has 0 radical (unpaired) electrons. The SMILES string of the molecule is OC1(COc2ccccc2F)CCN(C2CCCCC2)CC1. The average Bonchev–Trinajstić information content (AvgIpc) is 2.56. The summed E-state index contributed by atoms with van der Waals surface area (Å²) in [7, 11) is 0. The van der Waals surface area contributed by atoms with Crippen molar-refractivity contribution in [1.82, 2.24) is 4.90 Å². The summed E-state index contributed by atoms with van der Waals surface area (Å²) in [4.78, 5) is 2.52. The zero-order valence-corrected chi connectivity index (χ0v) is 13.1. The fourth-order valence-corrected chi connectivity index (χ4v) is 3.67. The number of benzene rings is 1. The summed E-state index contributed by atoms with van der Waals surface area (Å²) in [5.74, 6) is -0.142. The summed E-state index contributed by atoms with van der Waals surface area (Å²) in [5, 5.41) is 10.7. The van der Waals surface area contributed by atoms with Gasteiger partial charge in [-0.15, -0.1) is 0 Å². The molecule has 0 bridgehead atoms. The molecule has 1 aliphatic carbocycles. The zero-order valence-electron chi connectivity index (χ0n) is 13.1. The molecule has 3 rings (SSSR count). The molecular formula is C18H26FNO2. The number of halogens is 1. The molecule has 4 heteroatoms. The van der Waals surface area contributed by atoms with Crippen LogP contribution in [0.1, 0.15) is 44.9 Å². The molecule has 1 N–H and O–H groups in total. The highest BCUT2D eigenvalue weighted by Crippen LogP contribution is 2.29. The number of likely N-dealkylation sites (tertiary alicyclic amines) is 1. The maximum absolute atomic E-state index is 13.6. The zero-order chi connectivity index (χ0) is 15.4. The van der Waals surface area contributed by atoms with E-state index in [9.17, 15) is 9.50 Å². The van der Waals surface area contributed by atoms with Crippen molar-refractivity contribution < 1.29 is 14.2 Å². The molecule has 3 nitrogen and oxygen atoms in total. The largest absolute Gasteiger partial charge is 0.488 e. The lowest BCUT2D eigenvalue weighted by Crippen LogP contribution is -2.51. The van der Waals surface area contributed by atoms with Crippen LogP contribution in [0, 0.1) is 5.82 Å². The van der Waals surface area contributed by atoms with Crippen molar-refractivity contribution in [1.29, 1.82) is 0 Å². The van der Waals surface area contributed by atoms with Crippen molar-refractivity contribution >= 4 is 0 Å². The van der Waals surface area contributed by atoms with Crippen molar-refractivity contribution in [3.8, 4) is 5.75 Å². The van der Waals surface area contributed by atoms with Gasteiger partial charge in [-0.2, -0.15) is 0 Å². The lowest BCUT2D eigenvalue weighted by atomic mass is 9.88. The number of piperidine rings is 1. The van der Waals surface area contributed by atoms with E-state index >= 15 is 0 Å². The van der Waals surface area contributed by atoms with E-state index in [1.165, 1.54) is 38.2 Å². The van der Waals surface area contributed by atoms with E-state index in [4.69, 9.17) is 4.74 Å². The number of para-hydroxylation sites is 1. The minimum atomic E-state index is -0.826. The van der Waals surface area contributed by atoms with E-state index < -0.39 is 5.60 Å². The van der Waals surface area contributed by atoms with Crippen LogP contribution in [0.25, 0.3) is 0 Å². The minimum absolute atomic E-state index is 0.173. The van der Waals surface area contributed by atoms with Gasteiger partial charge in [0, 0.05) is 19.1 Å². The molecule has 1 heterocycles. The third kappa shape index (κ3) is 3.79. The summed E-state index contributed by atoms with van der Waals surface area (Å²) in [6.07, 6.45) is 8.04. The Kier molecular flexibility index (Phi) is 4.99. The topological polar surface area (TPSA) is 32.7 Å². The molecule has 0 atom stereocenters. The fourth-order valence-electron chi connectivity index (χ4n) is 3.67. The van der Waals surface area contributed by atoms with E-state index in [1.54, 1.807) is 18.2 Å². The molecule has 2 aliphatic rings. The number of ether oxygens (including phenoxy) is 1. The third-order valence-corrected chi connectivity index (χ3v) is 5.15. The van der Waals surface area contributed by atoms with Gasteiger partial charge in [0.05, 0.1) is 0 Å². The van der Waals surface area contributed by atoms with Crippen LogP contribution in [0.5, 0.6) is 5.75 Å².